The fourth-order valence-electron chi connectivity index (χ4n) is 2.50. The zero-order valence-corrected chi connectivity index (χ0v) is 15.3. The number of nitrogens with two attached hydrogens (primary N) is 1. The maximum absolute atomic E-state index is 12.7. The van der Waals surface area contributed by atoms with E-state index in [9.17, 15) is 4.79 Å². The minimum Gasteiger partial charge on any atom is -0.467 e. The normalized spacial score (nSPS) is 17.0. The predicted octanol–water partition coefficient (Wildman–Crippen LogP) is 3.24. The van der Waals surface area contributed by atoms with Gasteiger partial charge in [0.15, 0.2) is 4.34 Å². The fourth-order valence-corrected chi connectivity index (χ4v) is 4.71. The van der Waals surface area contributed by atoms with E-state index in [0.717, 1.165) is 16.3 Å². The molecule has 3 aromatic heterocycles. The zero-order valence-electron chi connectivity index (χ0n) is 12.9. The molecule has 0 saturated carbocycles. The Hall–Kier alpha value is -2.17. The molecule has 0 bridgehead atoms. The van der Waals surface area contributed by atoms with Gasteiger partial charge in [-0.2, -0.15) is 5.10 Å². The Morgan fingerprint density at radius 2 is 2.32 bits per heavy atom. The van der Waals surface area contributed by atoms with Crippen molar-refractivity contribution in [2.24, 2.45) is 5.10 Å². The van der Waals surface area contributed by atoms with E-state index in [0.29, 0.717) is 15.9 Å². The van der Waals surface area contributed by atoms with Crippen LogP contribution in [0.3, 0.4) is 0 Å². The highest BCUT2D eigenvalue weighted by molar-refractivity contribution is 8.01. The summed E-state index contributed by atoms with van der Waals surface area (Å²) in [5, 5.41) is 16.2. The summed E-state index contributed by atoms with van der Waals surface area (Å²) in [6.07, 6.45) is 2.25. The Balaban J connectivity index is 1.53. The van der Waals surface area contributed by atoms with Gasteiger partial charge in [-0.3, -0.25) is 4.79 Å². The van der Waals surface area contributed by atoms with Gasteiger partial charge in [0.1, 0.15) is 11.8 Å². The number of nitrogens with zero attached hydrogens (tertiary/aromatic N) is 4. The van der Waals surface area contributed by atoms with Crippen LogP contribution in [0.5, 0.6) is 0 Å². The summed E-state index contributed by atoms with van der Waals surface area (Å²) < 4.78 is 6.19. The highest BCUT2D eigenvalue weighted by Crippen LogP contribution is 2.35. The number of aromatic nitrogens is 2. The number of rotatable bonds is 5. The van der Waals surface area contributed by atoms with Crippen LogP contribution in [0.25, 0.3) is 0 Å². The van der Waals surface area contributed by atoms with Crippen LogP contribution in [0, 0.1) is 0 Å². The molecule has 7 nitrogen and oxygen atoms in total. The summed E-state index contributed by atoms with van der Waals surface area (Å²) in [6, 6.07) is 7.45. The molecular formula is C15H13N5O2S3. The van der Waals surface area contributed by atoms with Crippen molar-refractivity contribution >= 4 is 51.2 Å². The summed E-state index contributed by atoms with van der Waals surface area (Å²) in [7, 11) is 0. The van der Waals surface area contributed by atoms with E-state index in [1.807, 2.05) is 29.6 Å². The molecule has 4 heterocycles. The second-order valence-electron chi connectivity index (χ2n) is 5.19. The van der Waals surface area contributed by atoms with Gasteiger partial charge >= 0.3 is 0 Å². The second-order valence-corrected chi connectivity index (χ2v) is 8.37. The molecular weight excluding hydrogens is 378 g/mol. The van der Waals surface area contributed by atoms with Crippen molar-refractivity contribution in [3.05, 3.63) is 46.5 Å². The van der Waals surface area contributed by atoms with Crippen molar-refractivity contribution < 1.29 is 9.21 Å². The first-order valence-corrected chi connectivity index (χ1v) is 10.1. The number of hydrogen-bond acceptors (Lipinski definition) is 9. The van der Waals surface area contributed by atoms with Gasteiger partial charge in [-0.25, -0.2) is 5.01 Å². The highest BCUT2D eigenvalue weighted by Gasteiger charge is 2.35. The maximum atomic E-state index is 12.7. The number of nitrogen functional groups attached to an aromatic ring is 1. The molecule has 4 rings (SSSR count). The van der Waals surface area contributed by atoms with E-state index >= 15 is 0 Å². The molecule has 0 radical (unpaired) electrons. The SMILES string of the molecule is Nc1nnc(SCC(=O)N2N=C(c3cccs3)C[C@H]2c2ccco2)s1. The Kier molecular flexibility index (Phi) is 4.55. The fraction of sp³-hybridized carbons (Fsp3) is 0.200. The average Bonchev–Trinajstić information content (AvgIpc) is 3.38. The minimum absolute atomic E-state index is 0.105. The first kappa shape index (κ1) is 16.3. The van der Waals surface area contributed by atoms with Crippen LogP contribution in [0.2, 0.25) is 0 Å². The monoisotopic (exact) mass is 391 g/mol. The van der Waals surface area contributed by atoms with E-state index < -0.39 is 0 Å². The molecule has 0 spiro atoms. The summed E-state index contributed by atoms with van der Waals surface area (Å²) in [4.78, 5) is 13.8. The van der Waals surface area contributed by atoms with Gasteiger partial charge in [0, 0.05) is 6.42 Å². The molecule has 0 unspecified atom stereocenters. The first-order valence-electron chi connectivity index (χ1n) is 7.39. The molecule has 1 aliphatic heterocycles. The smallest absolute Gasteiger partial charge is 0.253 e. The Bertz CT molecular complexity index is 888. The van der Waals surface area contributed by atoms with Gasteiger partial charge in [0.2, 0.25) is 5.13 Å². The summed E-state index contributed by atoms with van der Waals surface area (Å²) in [5.74, 6) is 0.841. The molecule has 10 heteroatoms. The van der Waals surface area contributed by atoms with Crippen LogP contribution in [0.15, 0.2) is 49.8 Å². The third kappa shape index (κ3) is 3.46. The molecule has 128 valence electrons. The van der Waals surface area contributed by atoms with Gasteiger partial charge in [-0.1, -0.05) is 29.2 Å². The predicted molar refractivity (Wildman–Crippen MR) is 98.8 cm³/mol. The van der Waals surface area contributed by atoms with E-state index in [4.69, 9.17) is 10.2 Å². The number of carbonyl (C=O) groups is 1. The van der Waals surface area contributed by atoms with Crippen LogP contribution in [0.4, 0.5) is 5.13 Å². The maximum Gasteiger partial charge on any atom is 0.253 e. The van der Waals surface area contributed by atoms with Crippen molar-refractivity contribution in [2.75, 3.05) is 11.5 Å². The molecule has 1 aliphatic rings. The van der Waals surface area contributed by atoms with E-state index in [-0.39, 0.29) is 17.7 Å². The van der Waals surface area contributed by atoms with Crippen molar-refractivity contribution in [1.82, 2.24) is 15.2 Å². The molecule has 25 heavy (non-hydrogen) atoms. The van der Waals surface area contributed by atoms with Gasteiger partial charge < -0.3 is 10.2 Å². The van der Waals surface area contributed by atoms with Crippen molar-refractivity contribution in [3.8, 4) is 0 Å². The number of anilines is 1. The van der Waals surface area contributed by atoms with E-state index in [1.54, 1.807) is 17.6 Å². The van der Waals surface area contributed by atoms with Gasteiger partial charge in [-0.05, 0) is 23.6 Å². The summed E-state index contributed by atoms with van der Waals surface area (Å²) in [5.41, 5.74) is 6.47. The number of amides is 1. The van der Waals surface area contributed by atoms with Crippen LogP contribution in [-0.4, -0.2) is 32.6 Å². The Morgan fingerprint density at radius 3 is 3.00 bits per heavy atom. The highest BCUT2D eigenvalue weighted by atomic mass is 32.2. The molecule has 0 aromatic carbocycles. The standard InChI is InChI=1S/C15H13N5O2S3/c16-14-17-18-15(25-14)24-8-13(21)20-10(11-3-1-5-22-11)7-9(19-20)12-4-2-6-23-12/h1-6,10H,7-8H2,(H2,16,17)/t10-/m0/s1. The largest absolute Gasteiger partial charge is 0.467 e. The minimum atomic E-state index is -0.223. The number of furan rings is 1. The number of hydrogen-bond donors (Lipinski definition) is 1. The lowest BCUT2D eigenvalue weighted by Gasteiger charge is -2.19. The number of carbonyl (C=O) groups excluding carboxylic acids is 1. The van der Waals surface area contributed by atoms with E-state index in [2.05, 4.69) is 15.3 Å². The number of hydrazone groups is 1. The number of thioether (sulfide) groups is 1. The van der Waals surface area contributed by atoms with Crippen LogP contribution >= 0.6 is 34.4 Å². The van der Waals surface area contributed by atoms with E-state index in [1.165, 1.54) is 28.1 Å². The lowest BCUT2D eigenvalue weighted by Crippen LogP contribution is -2.28. The topological polar surface area (TPSA) is 97.6 Å². The summed E-state index contributed by atoms with van der Waals surface area (Å²) >= 11 is 4.19. The third-order valence-corrected chi connectivity index (χ3v) is 6.37. The van der Waals surface area contributed by atoms with Gasteiger partial charge in [0.05, 0.1) is 22.6 Å². The molecule has 2 N–H and O–H groups in total. The summed E-state index contributed by atoms with van der Waals surface area (Å²) in [6.45, 7) is 0. The Morgan fingerprint density at radius 1 is 1.40 bits per heavy atom. The zero-order chi connectivity index (χ0) is 17.2. The molecule has 0 fully saturated rings. The molecule has 1 atom stereocenters. The lowest BCUT2D eigenvalue weighted by molar-refractivity contribution is -0.130. The van der Waals surface area contributed by atoms with Gasteiger partial charge in [-0.15, -0.1) is 21.5 Å². The third-order valence-electron chi connectivity index (χ3n) is 3.58. The molecule has 0 aliphatic carbocycles. The van der Waals surface area contributed by atoms with Gasteiger partial charge in [0.25, 0.3) is 5.91 Å². The lowest BCUT2D eigenvalue weighted by atomic mass is 10.1. The molecule has 3 aromatic rings. The van der Waals surface area contributed by atoms with Crippen LogP contribution in [0.1, 0.15) is 23.1 Å². The van der Waals surface area contributed by atoms with Crippen molar-refractivity contribution in [3.63, 3.8) is 0 Å². The number of thiophene rings is 1. The second kappa shape index (κ2) is 6.98. The van der Waals surface area contributed by atoms with Crippen molar-refractivity contribution in [1.29, 1.82) is 0 Å². The first-order chi connectivity index (χ1) is 12.2. The Labute approximate surface area is 155 Å². The van der Waals surface area contributed by atoms with Crippen LogP contribution in [-0.2, 0) is 4.79 Å². The van der Waals surface area contributed by atoms with Crippen molar-refractivity contribution in [2.45, 2.75) is 16.8 Å². The average molecular weight is 392 g/mol. The van der Waals surface area contributed by atoms with Crippen LogP contribution < -0.4 is 5.73 Å². The quantitative estimate of drug-likeness (QED) is 0.671. The molecule has 0 saturated heterocycles. The molecule has 1 amide bonds.